The van der Waals surface area contributed by atoms with E-state index in [0.29, 0.717) is 34.2 Å². The van der Waals surface area contributed by atoms with Crippen LogP contribution in [0.25, 0.3) is 17.2 Å². The number of benzene rings is 1. The molecule has 0 amide bonds. The van der Waals surface area contributed by atoms with Crippen LogP contribution in [0.1, 0.15) is 41.8 Å². The van der Waals surface area contributed by atoms with Crippen LogP contribution in [-0.2, 0) is 0 Å². The Bertz CT molecular complexity index is 1100. The number of allylic oxidation sites excluding steroid dienone is 3. The molecule has 134 valence electrons. The van der Waals surface area contributed by atoms with Crippen LogP contribution in [0.5, 0.6) is 5.75 Å². The summed E-state index contributed by atoms with van der Waals surface area (Å²) in [5, 5.41) is 19.7. The molecule has 2 aromatic rings. The molecular weight excluding hydrogens is 360 g/mol. The molecule has 0 bridgehead atoms. The summed E-state index contributed by atoms with van der Waals surface area (Å²) >= 11 is 6.18. The quantitative estimate of drug-likeness (QED) is 0.867. The van der Waals surface area contributed by atoms with Gasteiger partial charge >= 0.3 is 0 Å². The molecule has 0 spiro atoms. The van der Waals surface area contributed by atoms with E-state index in [1.165, 1.54) is 0 Å². The lowest BCUT2D eigenvalue weighted by molar-refractivity contribution is -0.364. The molecule has 0 fully saturated rings. The highest BCUT2D eigenvalue weighted by atomic mass is 35.5. The highest BCUT2D eigenvalue weighted by Gasteiger charge is 2.32. The minimum Gasteiger partial charge on any atom is -0.493 e. The third kappa shape index (κ3) is 3.03. The van der Waals surface area contributed by atoms with Crippen LogP contribution in [0.15, 0.2) is 23.8 Å². The highest BCUT2D eigenvalue weighted by Crippen LogP contribution is 2.43. The number of hydrogen-bond acceptors (Lipinski definition) is 4. The largest absolute Gasteiger partial charge is 0.493 e. The zero-order valence-corrected chi connectivity index (χ0v) is 16.0. The van der Waals surface area contributed by atoms with E-state index in [1.54, 1.807) is 6.07 Å². The zero-order chi connectivity index (χ0) is 19.7. The second-order valence-corrected chi connectivity index (χ2v) is 6.62. The van der Waals surface area contributed by atoms with Crippen molar-refractivity contribution in [2.45, 2.75) is 20.8 Å². The van der Waals surface area contributed by atoms with Gasteiger partial charge in [-0.15, -0.1) is 0 Å². The predicted octanol–water partition coefficient (Wildman–Crippen LogP) is 4.17. The maximum Gasteiger partial charge on any atom is 0.289 e. The maximum absolute atomic E-state index is 9.65. The number of ether oxygens (including phenoxy) is 1. The van der Waals surface area contributed by atoms with E-state index in [-0.39, 0.29) is 5.82 Å². The van der Waals surface area contributed by atoms with Crippen LogP contribution in [0.4, 0.5) is 5.82 Å². The Labute approximate surface area is 163 Å². The summed E-state index contributed by atoms with van der Waals surface area (Å²) in [4.78, 5) is 3.02. The van der Waals surface area contributed by atoms with Crippen molar-refractivity contribution in [2.75, 3.05) is 12.3 Å². The van der Waals surface area contributed by atoms with Crippen molar-refractivity contribution in [2.24, 2.45) is 0 Å². The number of aromatic amines is 1. The molecule has 5 nitrogen and oxygen atoms in total. The molecule has 0 aliphatic heterocycles. The number of nitrogens with zero attached hydrogens (tertiary/aromatic N) is 2. The van der Waals surface area contributed by atoms with E-state index < -0.39 is 0 Å². The lowest BCUT2D eigenvalue weighted by Gasteiger charge is -2.11. The van der Waals surface area contributed by atoms with Gasteiger partial charge in [-0.25, -0.2) is 4.98 Å². The fraction of sp³-hybridized carbons (Fsp3) is 0.190. The molecule has 1 aliphatic carbocycles. The summed E-state index contributed by atoms with van der Waals surface area (Å²) in [5.74, 6) is 0.958. The molecule has 3 N–H and O–H groups in total. The average Bonchev–Trinajstić information content (AvgIpc) is 2.89. The minimum absolute atomic E-state index is 0.258. The highest BCUT2D eigenvalue weighted by molar-refractivity contribution is 6.30. The summed E-state index contributed by atoms with van der Waals surface area (Å²) in [6.07, 6.45) is 1.94. The van der Waals surface area contributed by atoms with Crippen molar-refractivity contribution in [3.05, 3.63) is 56.7 Å². The topological polar surface area (TPSA) is 97.0 Å². The van der Waals surface area contributed by atoms with Gasteiger partial charge in [0, 0.05) is 16.1 Å². The first-order valence-electron chi connectivity index (χ1n) is 8.44. The number of halogens is 1. The van der Waals surface area contributed by atoms with Gasteiger partial charge < -0.3 is 4.74 Å². The molecule has 3 rings (SSSR count). The Morgan fingerprint density at radius 2 is 2.00 bits per heavy atom. The third-order valence-electron chi connectivity index (χ3n) is 4.62. The average molecular weight is 378 g/mol. The number of H-pyrrole nitrogens is 1. The molecule has 1 aromatic carbocycles. The Morgan fingerprint density at radius 3 is 2.63 bits per heavy atom. The summed E-state index contributed by atoms with van der Waals surface area (Å²) < 4.78 is 5.71. The van der Waals surface area contributed by atoms with Gasteiger partial charge in [0.05, 0.1) is 6.61 Å². The molecule has 1 aromatic heterocycles. The lowest BCUT2D eigenvalue weighted by atomic mass is 9.95. The number of nitrogens with two attached hydrogens (primary N) is 1. The number of aromatic nitrogens is 1. The van der Waals surface area contributed by atoms with Gasteiger partial charge in [0.2, 0.25) is 0 Å². The molecular formula is C21H18ClN4O+. The van der Waals surface area contributed by atoms with Crippen LogP contribution in [0.2, 0.25) is 5.02 Å². The number of fused-ring (bicyclic) bond motifs is 1. The van der Waals surface area contributed by atoms with E-state index in [1.807, 2.05) is 39.0 Å². The second-order valence-electron chi connectivity index (χ2n) is 6.19. The van der Waals surface area contributed by atoms with Crippen LogP contribution in [0, 0.1) is 29.6 Å². The molecule has 0 radical (unpaired) electrons. The van der Waals surface area contributed by atoms with Crippen molar-refractivity contribution in [3.8, 4) is 17.9 Å². The zero-order valence-electron chi connectivity index (χ0n) is 15.3. The first kappa shape index (κ1) is 18.5. The normalized spacial score (nSPS) is 14.1. The van der Waals surface area contributed by atoms with E-state index in [2.05, 4.69) is 17.1 Å². The molecule has 0 unspecified atom stereocenters. The Morgan fingerprint density at radius 1 is 1.26 bits per heavy atom. The van der Waals surface area contributed by atoms with Gasteiger partial charge in [-0.1, -0.05) is 11.6 Å². The van der Waals surface area contributed by atoms with Gasteiger partial charge in [-0.05, 0) is 61.8 Å². The molecule has 0 saturated carbocycles. The fourth-order valence-electron chi connectivity index (χ4n) is 3.35. The number of nitriles is 2. The van der Waals surface area contributed by atoms with Gasteiger partial charge in [0.15, 0.2) is 5.69 Å². The Kier molecular flexibility index (Phi) is 4.90. The van der Waals surface area contributed by atoms with E-state index in [0.717, 1.165) is 27.8 Å². The summed E-state index contributed by atoms with van der Waals surface area (Å²) in [6, 6.07) is 9.79. The van der Waals surface area contributed by atoms with E-state index >= 15 is 0 Å². The third-order valence-corrected chi connectivity index (χ3v) is 4.86. The van der Waals surface area contributed by atoms with Gasteiger partial charge in [0.1, 0.15) is 29.0 Å². The number of nitrogen functional groups attached to an aromatic ring is 1. The van der Waals surface area contributed by atoms with Crippen LogP contribution >= 0.6 is 11.6 Å². The Balaban J connectivity index is 2.33. The number of hydrogen-bond donors (Lipinski definition) is 1. The van der Waals surface area contributed by atoms with E-state index in [4.69, 9.17) is 22.1 Å². The van der Waals surface area contributed by atoms with Crippen molar-refractivity contribution < 1.29 is 9.72 Å². The van der Waals surface area contributed by atoms with Crippen molar-refractivity contribution in [3.63, 3.8) is 0 Å². The number of nitrogens with one attached hydrogen (secondary N) is 1. The smallest absolute Gasteiger partial charge is 0.289 e. The first-order chi connectivity index (χ1) is 12.9. The molecule has 6 heteroatoms. The standard InChI is InChI=1S/C21H17ClN4O/c1-4-27-18-6-5-14(22)7-13(18)8-15-11(2)16(9-23)20-19(15)12(3)17(10-24)21(25)26-20/h5-8H,4H2,1-3H3,(H2,25,26)/p+1. The number of anilines is 1. The molecule has 1 aliphatic rings. The van der Waals surface area contributed by atoms with E-state index in [9.17, 15) is 10.5 Å². The minimum atomic E-state index is 0.258. The van der Waals surface area contributed by atoms with Crippen LogP contribution < -0.4 is 15.5 Å². The maximum atomic E-state index is 9.65. The number of pyridine rings is 1. The molecule has 1 heterocycles. The summed E-state index contributed by atoms with van der Waals surface area (Å²) in [6.45, 7) is 6.15. The summed E-state index contributed by atoms with van der Waals surface area (Å²) in [7, 11) is 0. The van der Waals surface area contributed by atoms with Gasteiger partial charge in [0.25, 0.3) is 5.82 Å². The molecule has 0 atom stereocenters. The second kappa shape index (κ2) is 7.15. The van der Waals surface area contributed by atoms with Crippen LogP contribution in [0.3, 0.4) is 0 Å². The van der Waals surface area contributed by atoms with Gasteiger partial charge in [-0.3, -0.25) is 5.73 Å². The van der Waals surface area contributed by atoms with Crippen molar-refractivity contribution in [1.29, 1.82) is 10.5 Å². The van der Waals surface area contributed by atoms with Crippen molar-refractivity contribution >= 4 is 34.6 Å². The Hall–Kier alpha value is -3.28. The summed E-state index contributed by atoms with van der Waals surface area (Å²) in [5.41, 5.74) is 11.5. The van der Waals surface area contributed by atoms with Crippen LogP contribution in [-0.4, -0.2) is 6.61 Å². The molecule has 27 heavy (non-hydrogen) atoms. The lowest BCUT2D eigenvalue weighted by Crippen LogP contribution is -2.20. The predicted molar refractivity (Wildman–Crippen MR) is 106 cm³/mol. The van der Waals surface area contributed by atoms with Crippen molar-refractivity contribution in [1.82, 2.24) is 0 Å². The fourth-order valence-corrected chi connectivity index (χ4v) is 3.53. The monoisotopic (exact) mass is 377 g/mol. The first-order valence-corrected chi connectivity index (χ1v) is 8.82. The molecule has 0 saturated heterocycles. The number of rotatable bonds is 3. The SMILES string of the molecule is CCOc1ccc(Cl)cc1C=C1C(C)=C(C#N)c2[nH+]c(N)c(C#N)c(C)c21. The van der Waals surface area contributed by atoms with Gasteiger partial charge in [-0.2, -0.15) is 10.5 Å².